The van der Waals surface area contributed by atoms with Crippen molar-refractivity contribution in [3.05, 3.63) is 29.6 Å². The van der Waals surface area contributed by atoms with Gasteiger partial charge in [0.15, 0.2) is 0 Å². The minimum absolute atomic E-state index is 0.0632. The second-order valence-corrected chi connectivity index (χ2v) is 4.56. The Morgan fingerprint density at radius 2 is 2.00 bits per heavy atom. The molecule has 0 aliphatic carbocycles. The Hall–Kier alpha value is -1.13. The summed E-state index contributed by atoms with van der Waals surface area (Å²) in [7, 11) is 1.57. The van der Waals surface area contributed by atoms with Crippen LogP contribution < -0.4 is 10.1 Å². The first-order valence-corrected chi connectivity index (χ1v) is 6.92. The molecular formula is C15H25FN2O. The minimum atomic E-state index is -0.220. The van der Waals surface area contributed by atoms with Crippen LogP contribution in [0.15, 0.2) is 18.2 Å². The van der Waals surface area contributed by atoms with Crippen LogP contribution in [0.3, 0.4) is 0 Å². The summed E-state index contributed by atoms with van der Waals surface area (Å²) in [6.07, 6.45) is 0. The third-order valence-electron chi connectivity index (χ3n) is 3.44. The van der Waals surface area contributed by atoms with Crippen LogP contribution in [0.1, 0.15) is 32.4 Å². The third kappa shape index (κ3) is 4.48. The predicted octanol–water partition coefficient (Wildman–Crippen LogP) is 2.83. The summed E-state index contributed by atoms with van der Waals surface area (Å²) in [5.41, 5.74) is 0.601. The zero-order valence-corrected chi connectivity index (χ0v) is 12.4. The average molecular weight is 268 g/mol. The second-order valence-electron chi connectivity index (χ2n) is 4.56. The van der Waals surface area contributed by atoms with Crippen LogP contribution in [0, 0.1) is 5.82 Å². The Morgan fingerprint density at radius 3 is 2.58 bits per heavy atom. The SMILES string of the molecule is CCN(CC)CCNC(C)c1c(F)cccc1OC. The van der Waals surface area contributed by atoms with Crippen LogP contribution in [-0.4, -0.2) is 38.2 Å². The van der Waals surface area contributed by atoms with E-state index in [4.69, 9.17) is 4.74 Å². The molecule has 0 bridgehead atoms. The molecule has 0 fully saturated rings. The van der Waals surface area contributed by atoms with Gasteiger partial charge in [-0.1, -0.05) is 19.9 Å². The van der Waals surface area contributed by atoms with Gasteiger partial charge < -0.3 is 15.0 Å². The molecule has 0 aliphatic rings. The van der Waals surface area contributed by atoms with Crippen LogP contribution in [0.5, 0.6) is 5.75 Å². The van der Waals surface area contributed by atoms with Crippen LogP contribution in [0.25, 0.3) is 0 Å². The first kappa shape index (κ1) is 15.9. The maximum Gasteiger partial charge on any atom is 0.131 e. The van der Waals surface area contributed by atoms with Gasteiger partial charge >= 0.3 is 0 Å². The number of ether oxygens (including phenoxy) is 1. The molecule has 4 heteroatoms. The zero-order chi connectivity index (χ0) is 14.3. The van der Waals surface area contributed by atoms with Gasteiger partial charge in [0.1, 0.15) is 11.6 Å². The molecule has 0 aliphatic heterocycles. The van der Waals surface area contributed by atoms with Gasteiger partial charge in [0.05, 0.1) is 7.11 Å². The van der Waals surface area contributed by atoms with Gasteiger partial charge in [-0.2, -0.15) is 0 Å². The lowest BCUT2D eigenvalue weighted by Gasteiger charge is -2.21. The van der Waals surface area contributed by atoms with Gasteiger partial charge in [-0.25, -0.2) is 4.39 Å². The first-order chi connectivity index (χ1) is 9.13. The van der Waals surface area contributed by atoms with Gasteiger partial charge in [0, 0.05) is 24.7 Å². The quantitative estimate of drug-likeness (QED) is 0.784. The van der Waals surface area contributed by atoms with E-state index in [2.05, 4.69) is 24.1 Å². The molecule has 3 nitrogen and oxygen atoms in total. The van der Waals surface area contributed by atoms with Crippen molar-refractivity contribution < 1.29 is 9.13 Å². The number of rotatable bonds is 8. The summed E-state index contributed by atoms with van der Waals surface area (Å²) in [4.78, 5) is 2.33. The molecule has 1 aromatic carbocycles. The Kier molecular flexibility index (Phi) is 6.81. The summed E-state index contributed by atoms with van der Waals surface area (Å²) < 4.78 is 19.1. The summed E-state index contributed by atoms with van der Waals surface area (Å²) in [5.74, 6) is 0.380. The van der Waals surface area contributed by atoms with E-state index >= 15 is 0 Å². The molecule has 108 valence electrons. The van der Waals surface area contributed by atoms with Crippen molar-refractivity contribution >= 4 is 0 Å². The lowest BCUT2D eigenvalue weighted by molar-refractivity contribution is 0.296. The number of hydrogen-bond donors (Lipinski definition) is 1. The van der Waals surface area contributed by atoms with Crippen LogP contribution in [-0.2, 0) is 0 Å². The standard InChI is InChI=1S/C15H25FN2O/c1-5-18(6-2)11-10-17-12(3)15-13(16)8-7-9-14(15)19-4/h7-9,12,17H,5-6,10-11H2,1-4H3. The molecule has 1 aromatic rings. The van der Waals surface area contributed by atoms with E-state index in [0.717, 1.165) is 26.2 Å². The molecule has 0 radical (unpaired) electrons. The fourth-order valence-corrected chi connectivity index (χ4v) is 2.20. The molecule has 1 atom stereocenters. The van der Waals surface area contributed by atoms with Gasteiger partial charge in [0.2, 0.25) is 0 Å². The molecule has 0 aromatic heterocycles. The van der Waals surface area contributed by atoms with Crippen molar-refractivity contribution in [2.24, 2.45) is 0 Å². The normalized spacial score (nSPS) is 12.7. The van der Waals surface area contributed by atoms with E-state index in [1.54, 1.807) is 19.2 Å². The number of likely N-dealkylation sites (N-methyl/N-ethyl adjacent to an activating group) is 1. The molecule has 1 unspecified atom stereocenters. The van der Waals surface area contributed by atoms with E-state index < -0.39 is 0 Å². The fraction of sp³-hybridized carbons (Fsp3) is 0.600. The maximum absolute atomic E-state index is 13.9. The van der Waals surface area contributed by atoms with Gasteiger partial charge in [-0.15, -0.1) is 0 Å². The maximum atomic E-state index is 13.9. The number of halogens is 1. The largest absolute Gasteiger partial charge is 0.496 e. The van der Waals surface area contributed by atoms with E-state index in [1.165, 1.54) is 6.07 Å². The molecule has 0 amide bonds. The Morgan fingerprint density at radius 1 is 1.32 bits per heavy atom. The monoisotopic (exact) mass is 268 g/mol. The lowest BCUT2D eigenvalue weighted by atomic mass is 10.1. The molecular weight excluding hydrogens is 243 g/mol. The van der Waals surface area contributed by atoms with Crippen LogP contribution in [0.4, 0.5) is 4.39 Å². The number of benzene rings is 1. The molecule has 19 heavy (non-hydrogen) atoms. The Bertz CT molecular complexity index is 380. The lowest BCUT2D eigenvalue weighted by Crippen LogP contribution is -2.33. The molecule has 0 spiro atoms. The number of hydrogen-bond acceptors (Lipinski definition) is 3. The third-order valence-corrected chi connectivity index (χ3v) is 3.44. The predicted molar refractivity (Wildman–Crippen MR) is 77.2 cm³/mol. The fourth-order valence-electron chi connectivity index (χ4n) is 2.20. The van der Waals surface area contributed by atoms with Crippen molar-refractivity contribution in [2.45, 2.75) is 26.8 Å². The van der Waals surface area contributed by atoms with Crippen LogP contribution in [0.2, 0.25) is 0 Å². The summed E-state index contributed by atoms with van der Waals surface area (Å²) in [6.45, 7) is 10.1. The van der Waals surface area contributed by atoms with E-state index in [1.807, 2.05) is 6.92 Å². The van der Waals surface area contributed by atoms with E-state index in [-0.39, 0.29) is 11.9 Å². The minimum Gasteiger partial charge on any atom is -0.496 e. The highest BCUT2D eigenvalue weighted by atomic mass is 19.1. The second kappa shape index (κ2) is 8.12. The van der Waals surface area contributed by atoms with Crippen molar-refractivity contribution in [1.29, 1.82) is 0 Å². The Balaban J connectivity index is 2.61. The molecule has 0 heterocycles. The van der Waals surface area contributed by atoms with Crippen molar-refractivity contribution in [3.63, 3.8) is 0 Å². The van der Waals surface area contributed by atoms with E-state index in [0.29, 0.717) is 11.3 Å². The van der Waals surface area contributed by atoms with Gasteiger partial charge in [-0.3, -0.25) is 0 Å². The van der Waals surface area contributed by atoms with E-state index in [9.17, 15) is 4.39 Å². The molecule has 0 saturated heterocycles. The number of nitrogens with zero attached hydrogens (tertiary/aromatic N) is 1. The molecule has 1 N–H and O–H groups in total. The first-order valence-electron chi connectivity index (χ1n) is 6.92. The van der Waals surface area contributed by atoms with Crippen molar-refractivity contribution in [2.75, 3.05) is 33.3 Å². The van der Waals surface area contributed by atoms with Gasteiger partial charge in [-0.05, 0) is 32.1 Å². The topological polar surface area (TPSA) is 24.5 Å². The van der Waals surface area contributed by atoms with Crippen LogP contribution >= 0.6 is 0 Å². The zero-order valence-electron chi connectivity index (χ0n) is 12.4. The highest BCUT2D eigenvalue weighted by molar-refractivity contribution is 5.36. The molecule has 0 saturated carbocycles. The highest BCUT2D eigenvalue weighted by Crippen LogP contribution is 2.27. The number of nitrogens with one attached hydrogen (secondary N) is 1. The summed E-state index contributed by atoms with van der Waals surface area (Å²) in [6, 6.07) is 4.87. The van der Waals surface area contributed by atoms with Crippen molar-refractivity contribution in [1.82, 2.24) is 10.2 Å². The smallest absolute Gasteiger partial charge is 0.131 e. The highest BCUT2D eigenvalue weighted by Gasteiger charge is 2.15. The summed E-state index contributed by atoms with van der Waals surface area (Å²) >= 11 is 0. The van der Waals surface area contributed by atoms with Crippen molar-refractivity contribution in [3.8, 4) is 5.75 Å². The average Bonchev–Trinajstić information content (AvgIpc) is 2.43. The summed E-state index contributed by atoms with van der Waals surface area (Å²) in [5, 5.41) is 3.35. The molecule has 1 rings (SSSR count). The Labute approximate surface area is 115 Å². The van der Waals surface area contributed by atoms with Gasteiger partial charge in [0.25, 0.3) is 0 Å². The number of methoxy groups -OCH3 is 1.